The molecule has 0 atom stereocenters. The van der Waals surface area contributed by atoms with Gasteiger partial charge in [-0.1, -0.05) is 6.08 Å². The fraction of sp³-hybridized carbons (Fsp3) is 0.400. The summed E-state index contributed by atoms with van der Waals surface area (Å²) in [4.78, 5) is 25.9. The molecule has 0 aliphatic carbocycles. The smallest absolute Gasteiger partial charge is 0.407 e. The molecular weight excluding hydrogens is 256 g/mol. The second kappa shape index (κ2) is 7.43. The van der Waals surface area contributed by atoms with Crippen molar-refractivity contribution in [3.05, 3.63) is 35.7 Å². The summed E-state index contributed by atoms with van der Waals surface area (Å²) >= 11 is 0. The summed E-state index contributed by atoms with van der Waals surface area (Å²) in [7, 11) is 0. The number of hydrogen-bond acceptors (Lipinski definition) is 4. The summed E-state index contributed by atoms with van der Waals surface area (Å²) < 4.78 is 5.11. The van der Waals surface area contributed by atoms with Gasteiger partial charge in [0.05, 0.1) is 5.69 Å². The Balaban J connectivity index is 2.28. The third-order valence-electron chi connectivity index (χ3n) is 2.21. The van der Waals surface area contributed by atoms with Crippen molar-refractivity contribution in [1.82, 2.24) is 10.3 Å². The minimum Gasteiger partial charge on any atom is -0.444 e. The molecule has 1 N–H and O–H groups in total. The van der Waals surface area contributed by atoms with E-state index in [9.17, 15) is 9.59 Å². The van der Waals surface area contributed by atoms with E-state index in [-0.39, 0.29) is 0 Å². The van der Waals surface area contributed by atoms with Gasteiger partial charge in [0, 0.05) is 18.3 Å². The molecule has 1 heterocycles. The van der Waals surface area contributed by atoms with Gasteiger partial charge in [-0.25, -0.2) is 4.79 Å². The van der Waals surface area contributed by atoms with Crippen LogP contribution < -0.4 is 5.32 Å². The minimum atomic E-state index is -0.482. The summed E-state index contributed by atoms with van der Waals surface area (Å²) in [5.41, 5.74) is 0.839. The highest BCUT2D eigenvalue weighted by atomic mass is 16.6. The van der Waals surface area contributed by atoms with Crippen molar-refractivity contribution in [3.63, 3.8) is 0 Å². The number of aromatic nitrogens is 1. The first-order chi connectivity index (χ1) is 9.40. The van der Waals surface area contributed by atoms with Crippen molar-refractivity contribution in [2.24, 2.45) is 0 Å². The Labute approximate surface area is 119 Å². The third-order valence-corrected chi connectivity index (χ3v) is 2.21. The van der Waals surface area contributed by atoms with Crippen LogP contribution >= 0.6 is 0 Å². The summed E-state index contributed by atoms with van der Waals surface area (Å²) in [6.07, 6.45) is 6.28. The standard InChI is InChI=1S/C15H20N2O3/c1-15(2,3)20-14(19)16-9-5-4-6-13-8-7-12(11-18)10-17-13/h4,6-8,10-11H,5,9H2,1-3H3,(H,16,19). The molecule has 0 aliphatic heterocycles. The molecule has 0 saturated heterocycles. The molecule has 1 aromatic rings. The molecule has 0 fully saturated rings. The Morgan fingerprint density at radius 3 is 2.70 bits per heavy atom. The summed E-state index contributed by atoms with van der Waals surface area (Å²) in [5.74, 6) is 0. The van der Waals surface area contributed by atoms with Gasteiger partial charge < -0.3 is 10.1 Å². The van der Waals surface area contributed by atoms with E-state index in [4.69, 9.17) is 4.74 Å². The maximum absolute atomic E-state index is 11.4. The number of carbonyl (C=O) groups is 2. The number of nitrogens with one attached hydrogen (secondary N) is 1. The average Bonchev–Trinajstić information content (AvgIpc) is 2.37. The molecule has 5 heteroatoms. The molecule has 0 radical (unpaired) electrons. The Morgan fingerprint density at radius 2 is 2.15 bits per heavy atom. The van der Waals surface area contributed by atoms with E-state index in [0.717, 1.165) is 12.0 Å². The molecular formula is C15H20N2O3. The Morgan fingerprint density at radius 1 is 1.40 bits per heavy atom. The minimum absolute atomic E-state index is 0.417. The van der Waals surface area contributed by atoms with Gasteiger partial charge in [0.1, 0.15) is 5.60 Å². The number of alkyl carbamates (subject to hydrolysis) is 1. The Bertz CT molecular complexity index is 473. The maximum Gasteiger partial charge on any atom is 0.407 e. The van der Waals surface area contributed by atoms with E-state index in [0.29, 0.717) is 18.5 Å². The summed E-state index contributed by atoms with van der Waals surface area (Å²) in [6, 6.07) is 3.47. The second-order valence-corrected chi connectivity index (χ2v) is 5.25. The third kappa shape index (κ3) is 6.68. The van der Waals surface area contributed by atoms with E-state index >= 15 is 0 Å². The van der Waals surface area contributed by atoms with E-state index in [1.165, 1.54) is 6.20 Å². The first-order valence-corrected chi connectivity index (χ1v) is 6.45. The number of carbonyl (C=O) groups excluding carboxylic acids is 2. The SMILES string of the molecule is CC(C)(C)OC(=O)NCCC=Cc1ccc(C=O)cn1. The van der Waals surface area contributed by atoms with Crippen LogP contribution in [0.1, 0.15) is 43.2 Å². The maximum atomic E-state index is 11.4. The number of hydrogen-bond donors (Lipinski definition) is 1. The zero-order valence-electron chi connectivity index (χ0n) is 12.1. The zero-order chi connectivity index (χ0) is 15.0. The van der Waals surface area contributed by atoms with Crippen molar-refractivity contribution >= 4 is 18.5 Å². The number of amides is 1. The quantitative estimate of drug-likeness (QED) is 0.663. The number of rotatable bonds is 5. The highest BCUT2D eigenvalue weighted by molar-refractivity contribution is 5.74. The molecule has 5 nitrogen and oxygen atoms in total. The van der Waals surface area contributed by atoms with Crippen molar-refractivity contribution in [2.45, 2.75) is 32.8 Å². The average molecular weight is 276 g/mol. The van der Waals surface area contributed by atoms with Gasteiger partial charge in [-0.05, 0) is 45.4 Å². The molecule has 1 rings (SSSR count). The highest BCUT2D eigenvalue weighted by Gasteiger charge is 2.15. The highest BCUT2D eigenvalue weighted by Crippen LogP contribution is 2.06. The molecule has 0 unspecified atom stereocenters. The van der Waals surface area contributed by atoms with Crippen LogP contribution in [0, 0.1) is 0 Å². The fourth-order valence-electron chi connectivity index (χ4n) is 1.36. The molecule has 0 aromatic carbocycles. The van der Waals surface area contributed by atoms with Crippen LogP contribution in [0.2, 0.25) is 0 Å². The topological polar surface area (TPSA) is 68.3 Å². The van der Waals surface area contributed by atoms with Crippen LogP contribution in [-0.2, 0) is 4.74 Å². The molecule has 1 amide bonds. The van der Waals surface area contributed by atoms with Crippen LogP contribution in [0.5, 0.6) is 0 Å². The summed E-state index contributed by atoms with van der Waals surface area (Å²) in [6.45, 7) is 5.96. The normalized spacial score (nSPS) is 11.3. The number of ether oxygens (including phenoxy) is 1. The van der Waals surface area contributed by atoms with Crippen molar-refractivity contribution in [2.75, 3.05) is 6.54 Å². The zero-order valence-corrected chi connectivity index (χ0v) is 12.1. The van der Waals surface area contributed by atoms with Crippen LogP contribution in [-0.4, -0.2) is 29.5 Å². The van der Waals surface area contributed by atoms with Gasteiger partial charge in [0.25, 0.3) is 0 Å². The predicted molar refractivity (Wildman–Crippen MR) is 77.5 cm³/mol. The van der Waals surface area contributed by atoms with Crippen molar-refractivity contribution in [3.8, 4) is 0 Å². The van der Waals surface area contributed by atoms with Crippen molar-refractivity contribution < 1.29 is 14.3 Å². The first-order valence-electron chi connectivity index (χ1n) is 6.45. The van der Waals surface area contributed by atoms with Gasteiger partial charge in [-0.2, -0.15) is 0 Å². The van der Waals surface area contributed by atoms with Gasteiger partial charge in [-0.15, -0.1) is 0 Å². The van der Waals surface area contributed by atoms with E-state index < -0.39 is 11.7 Å². The lowest BCUT2D eigenvalue weighted by atomic mass is 10.2. The van der Waals surface area contributed by atoms with Crippen molar-refractivity contribution in [1.29, 1.82) is 0 Å². The number of pyridine rings is 1. The van der Waals surface area contributed by atoms with E-state index in [2.05, 4.69) is 10.3 Å². The lowest BCUT2D eigenvalue weighted by Crippen LogP contribution is -2.32. The lowest BCUT2D eigenvalue weighted by Gasteiger charge is -2.19. The molecule has 1 aromatic heterocycles. The van der Waals surface area contributed by atoms with Crippen LogP contribution in [0.25, 0.3) is 6.08 Å². The largest absolute Gasteiger partial charge is 0.444 e. The molecule has 108 valence electrons. The lowest BCUT2D eigenvalue weighted by molar-refractivity contribution is 0.0528. The van der Waals surface area contributed by atoms with Gasteiger partial charge in [-0.3, -0.25) is 9.78 Å². The van der Waals surface area contributed by atoms with Crippen LogP contribution in [0.4, 0.5) is 4.79 Å². The van der Waals surface area contributed by atoms with Gasteiger partial charge >= 0.3 is 6.09 Å². The first kappa shape index (κ1) is 15.9. The number of aldehydes is 1. The monoisotopic (exact) mass is 276 g/mol. The Kier molecular flexibility index (Phi) is 5.90. The van der Waals surface area contributed by atoms with Gasteiger partial charge in [0.2, 0.25) is 0 Å². The van der Waals surface area contributed by atoms with Crippen LogP contribution in [0.15, 0.2) is 24.4 Å². The molecule has 0 spiro atoms. The fourth-order valence-corrected chi connectivity index (χ4v) is 1.36. The molecule has 20 heavy (non-hydrogen) atoms. The summed E-state index contributed by atoms with van der Waals surface area (Å²) in [5, 5.41) is 2.66. The van der Waals surface area contributed by atoms with Crippen LogP contribution in [0.3, 0.4) is 0 Å². The predicted octanol–water partition coefficient (Wildman–Crippen LogP) is 2.82. The van der Waals surface area contributed by atoms with E-state index in [1.54, 1.807) is 12.1 Å². The molecule has 0 bridgehead atoms. The number of nitrogens with zero attached hydrogens (tertiary/aromatic N) is 1. The van der Waals surface area contributed by atoms with Gasteiger partial charge in [0.15, 0.2) is 6.29 Å². The molecule has 0 aliphatic rings. The second-order valence-electron chi connectivity index (χ2n) is 5.25. The molecule has 0 saturated carbocycles. The Hall–Kier alpha value is -2.17. The van der Waals surface area contributed by atoms with E-state index in [1.807, 2.05) is 32.9 Å².